The monoisotopic (exact) mass is 226 g/mol. The first-order valence-corrected chi connectivity index (χ1v) is 5.92. The molecule has 1 N–H and O–H groups in total. The first-order chi connectivity index (χ1) is 7.26. The maximum Gasteiger partial charge on any atom is 0.163 e. The van der Waals surface area contributed by atoms with Gasteiger partial charge in [-0.15, -0.1) is 0 Å². The van der Waals surface area contributed by atoms with Gasteiger partial charge in [0.15, 0.2) is 5.79 Å². The Balaban J connectivity index is 2.31. The molecule has 1 aliphatic carbocycles. The number of rotatable bonds is 0. The van der Waals surface area contributed by atoms with Gasteiger partial charge in [0, 0.05) is 5.41 Å². The lowest BCUT2D eigenvalue weighted by molar-refractivity contribution is -0.315. The third-order valence-corrected chi connectivity index (χ3v) is 3.89. The topological polar surface area (TPSA) is 38.7 Å². The van der Waals surface area contributed by atoms with E-state index >= 15 is 0 Å². The van der Waals surface area contributed by atoms with Gasteiger partial charge in [-0.3, -0.25) is 0 Å². The van der Waals surface area contributed by atoms with Gasteiger partial charge in [0.25, 0.3) is 0 Å². The minimum Gasteiger partial charge on any atom is -0.388 e. The largest absolute Gasteiger partial charge is 0.388 e. The Kier molecular flexibility index (Phi) is 2.69. The molecule has 0 aromatic rings. The van der Waals surface area contributed by atoms with Crippen LogP contribution in [0.25, 0.3) is 0 Å². The van der Waals surface area contributed by atoms with Gasteiger partial charge in [-0.1, -0.05) is 12.5 Å². The van der Waals surface area contributed by atoms with E-state index in [2.05, 4.69) is 0 Å². The molecule has 92 valence electrons. The highest BCUT2D eigenvalue weighted by Gasteiger charge is 2.55. The number of aliphatic hydroxyl groups excluding tert-OH is 1. The van der Waals surface area contributed by atoms with Crippen molar-refractivity contribution in [1.82, 2.24) is 0 Å². The van der Waals surface area contributed by atoms with E-state index in [0.29, 0.717) is 6.61 Å². The number of hydrogen-bond acceptors (Lipinski definition) is 3. The SMILES string of the molecule is CC(C)=C1C[C@@H]2OC(C)(C)OC[C@]2(C)[C@H]1O. The van der Waals surface area contributed by atoms with Crippen LogP contribution in [0, 0.1) is 5.41 Å². The van der Waals surface area contributed by atoms with Crippen LogP contribution >= 0.6 is 0 Å². The molecule has 0 aromatic heterocycles. The van der Waals surface area contributed by atoms with E-state index in [-0.39, 0.29) is 11.5 Å². The molecule has 2 rings (SSSR count). The minimum absolute atomic E-state index is 0.0659. The summed E-state index contributed by atoms with van der Waals surface area (Å²) in [4.78, 5) is 0. The fraction of sp³-hybridized carbons (Fsp3) is 0.846. The molecular weight excluding hydrogens is 204 g/mol. The van der Waals surface area contributed by atoms with Gasteiger partial charge < -0.3 is 14.6 Å². The predicted octanol–water partition coefficient (Wildman–Crippen LogP) is 2.25. The summed E-state index contributed by atoms with van der Waals surface area (Å²) in [5.41, 5.74) is 2.03. The molecule has 2 fully saturated rings. The van der Waals surface area contributed by atoms with Crippen LogP contribution in [0.4, 0.5) is 0 Å². The Morgan fingerprint density at radius 3 is 2.50 bits per heavy atom. The van der Waals surface area contributed by atoms with Crippen molar-refractivity contribution in [3.05, 3.63) is 11.1 Å². The Morgan fingerprint density at radius 1 is 1.31 bits per heavy atom. The third kappa shape index (κ3) is 1.71. The Morgan fingerprint density at radius 2 is 1.94 bits per heavy atom. The van der Waals surface area contributed by atoms with Gasteiger partial charge in [-0.05, 0) is 39.7 Å². The second-order valence-corrected chi connectivity index (χ2v) is 5.93. The zero-order valence-corrected chi connectivity index (χ0v) is 10.8. The molecule has 3 heteroatoms. The molecule has 3 nitrogen and oxygen atoms in total. The standard InChI is InChI=1S/C13H22O3/c1-8(2)9-6-10-13(5,11(9)14)7-15-12(3,4)16-10/h10-11,14H,6-7H2,1-5H3/t10-,11-,13-/m0/s1. The molecule has 1 aliphatic heterocycles. The molecule has 0 amide bonds. The van der Waals surface area contributed by atoms with Crippen molar-refractivity contribution in [2.45, 2.75) is 59.0 Å². The van der Waals surface area contributed by atoms with Crippen LogP contribution < -0.4 is 0 Å². The van der Waals surface area contributed by atoms with Crippen molar-refractivity contribution in [3.8, 4) is 0 Å². The average molecular weight is 226 g/mol. The molecule has 3 atom stereocenters. The fourth-order valence-electron chi connectivity index (χ4n) is 2.65. The van der Waals surface area contributed by atoms with E-state index in [1.165, 1.54) is 5.57 Å². The summed E-state index contributed by atoms with van der Waals surface area (Å²) in [7, 11) is 0. The van der Waals surface area contributed by atoms with Crippen LogP contribution in [0.2, 0.25) is 0 Å². The summed E-state index contributed by atoms with van der Waals surface area (Å²) in [5.74, 6) is -0.527. The lowest BCUT2D eigenvalue weighted by atomic mass is 9.83. The Hall–Kier alpha value is -0.380. The smallest absolute Gasteiger partial charge is 0.163 e. The van der Waals surface area contributed by atoms with Crippen LogP contribution in [0.1, 0.15) is 41.0 Å². The highest BCUT2D eigenvalue weighted by Crippen LogP contribution is 2.49. The number of fused-ring (bicyclic) bond motifs is 1. The molecule has 0 unspecified atom stereocenters. The molecule has 1 heterocycles. The minimum atomic E-state index is -0.527. The number of ether oxygens (including phenoxy) is 2. The van der Waals surface area contributed by atoms with Crippen LogP contribution in [-0.2, 0) is 9.47 Å². The van der Waals surface area contributed by atoms with E-state index in [1.807, 2.05) is 34.6 Å². The summed E-state index contributed by atoms with van der Waals surface area (Å²) in [6, 6.07) is 0. The lowest BCUT2D eigenvalue weighted by Gasteiger charge is -2.45. The maximum absolute atomic E-state index is 10.4. The van der Waals surface area contributed by atoms with Crippen LogP contribution in [0.3, 0.4) is 0 Å². The second kappa shape index (κ2) is 3.56. The zero-order chi connectivity index (χ0) is 12.1. The van der Waals surface area contributed by atoms with Crippen LogP contribution in [0.15, 0.2) is 11.1 Å². The molecule has 0 spiro atoms. The van der Waals surface area contributed by atoms with E-state index in [1.54, 1.807) is 0 Å². The number of aliphatic hydroxyl groups is 1. The van der Waals surface area contributed by atoms with Gasteiger partial charge in [0.05, 0.1) is 18.8 Å². The van der Waals surface area contributed by atoms with Crippen molar-refractivity contribution in [2.75, 3.05) is 6.61 Å². The normalized spacial score (nSPS) is 42.0. The highest BCUT2D eigenvalue weighted by molar-refractivity contribution is 5.27. The molecule has 0 aromatic carbocycles. The summed E-state index contributed by atoms with van der Waals surface area (Å²) in [6.45, 7) is 10.6. The molecule has 0 bridgehead atoms. The van der Waals surface area contributed by atoms with Crippen molar-refractivity contribution in [3.63, 3.8) is 0 Å². The van der Waals surface area contributed by atoms with Crippen molar-refractivity contribution < 1.29 is 14.6 Å². The van der Waals surface area contributed by atoms with E-state index in [4.69, 9.17) is 9.47 Å². The highest BCUT2D eigenvalue weighted by atomic mass is 16.7. The van der Waals surface area contributed by atoms with Gasteiger partial charge in [-0.2, -0.15) is 0 Å². The number of allylic oxidation sites excluding steroid dienone is 1. The summed E-state index contributed by atoms with van der Waals surface area (Å²) < 4.78 is 11.6. The van der Waals surface area contributed by atoms with Crippen LogP contribution in [0.5, 0.6) is 0 Å². The first-order valence-electron chi connectivity index (χ1n) is 5.92. The quantitative estimate of drug-likeness (QED) is 0.644. The Bertz CT molecular complexity index is 328. The molecule has 2 aliphatic rings. The fourth-order valence-corrected chi connectivity index (χ4v) is 2.65. The molecular formula is C13H22O3. The first kappa shape index (κ1) is 12.1. The van der Waals surface area contributed by atoms with Gasteiger partial charge >= 0.3 is 0 Å². The predicted molar refractivity (Wildman–Crippen MR) is 62.0 cm³/mol. The van der Waals surface area contributed by atoms with Gasteiger partial charge in [0.1, 0.15) is 0 Å². The average Bonchev–Trinajstić information content (AvgIpc) is 2.41. The van der Waals surface area contributed by atoms with E-state index in [0.717, 1.165) is 12.0 Å². The van der Waals surface area contributed by atoms with Crippen molar-refractivity contribution >= 4 is 0 Å². The molecule has 1 saturated carbocycles. The lowest BCUT2D eigenvalue weighted by Crippen LogP contribution is -2.52. The summed E-state index contributed by atoms with van der Waals surface area (Å²) >= 11 is 0. The third-order valence-electron chi connectivity index (χ3n) is 3.89. The van der Waals surface area contributed by atoms with Crippen molar-refractivity contribution in [1.29, 1.82) is 0 Å². The molecule has 1 saturated heterocycles. The zero-order valence-electron chi connectivity index (χ0n) is 10.8. The summed E-state index contributed by atoms with van der Waals surface area (Å²) in [5, 5.41) is 10.4. The van der Waals surface area contributed by atoms with Gasteiger partial charge in [-0.25, -0.2) is 0 Å². The number of hydrogen-bond donors (Lipinski definition) is 1. The maximum atomic E-state index is 10.4. The molecule has 0 radical (unpaired) electrons. The molecule has 16 heavy (non-hydrogen) atoms. The second-order valence-electron chi connectivity index (χ2n) is 5.93. The van der Waals surface area contributed by atoms with E-state index < -0.39 is 11.9 Å². The van der Waals surface area contributed by atoms with E-state index in [9.17, 15) is 5.11 Å². The summed E-state index contributed by atoms with van der Waals surface area (Å²) in [6.07, 6.45) is 0.460. The van der Waals surface area contributed by atoms with Gasteiger partial charge in [0.2, 0.25) is 0 Å². The van der Waals surface area contributed by atoms with Crippen molar-refractivity contribution in [2.24, 2.45) is 5.41 Å². The van der Waals surface area contributed by atoms with Crippen LogP contribution in [-0.4, -0.2) is 29.7 Å². The Labute approximate surface area is 97.4 Å².